The molecule has 0 bridgehead atoms. The highest BCUT2D eigenvalue weighted by Gasteiger charge is 2.26. The lowest BCUT2D eigenvalue weighted by Crippen LogP contribution is -2.25. The van der Waals surface area contributed by atoms with Gasteiger partial charge in [0.25, 0.3) is 0 Å². The molecule has 0 radical (unpaired) electrons. The molecular weight excluding hydrogens is 241 g/mol. The predicted molar refractivity (Wildman–Crippen MR) is 66.6 cm³/mol. The number of aliphatic hydroxyl groups is 1. The molecule has 0 amide bonds. The van der Waals surface area contributed by atoms with Crippen molar-refractivity contribution in [1.82, 2.24) is 4.90 Å². The standard InChI is InChI=1S/C13H17ClFNO/c1-9(16-5-4-10(7-16)8-17)11-2-3-13(15)12(14)6-11/h2-3,6,9-10,17H,4-5,7-8H2,1H3. The maximum atomic E-state index is 13.1. The highest BCUT2D eigenvalue weighted by atomic mass is 35.5. The van der Waals surface area contributed by atoms with Crippen LogP contribution in [0.5, 0.6) is 0 Å². The number of nitrogens with zero attached hydrogens (tertiary/aromatic N) is 1. The first-order valence-electron chi connectivity index (χ1n) is 5.91. The zero-order chi connectivity index (χ0) is 12.4. The fourth-order valence-corrected chi connectivity index (χ4v) is 2.54. The maximum Gasteiger partial charge on any atom is 0.141 e. The first kappa shape index (κ1) is 12.8. The minimum absolute atomic E-state index is 0.173. The van der Waals surface area contributed by atoms with Crippen molar-refractivity contribution in [2.45, 2.75) is 19.4 Å². The Balaban J connectivity index is 2.09. The Kier molecular flexibility index (Phi) is 4.02. The van der Waals surface area contributed by atoms with Gasteiger partial charge in [-0.25, -0.2) is 4.39 Å². The summed E-state index contributed by atoms with van der Waals surface area (Å²) in [7, 11) is 0. The molecule has 1 N–H and O–H groups in total. The Hall–Kier alpha value is -0.640. The van der Waals surface area contributed by atoms with E-state index in [0.29, 0.717) is 5.92 Å². The first-order valence-corrected chi connectivity index (χ1v) is 6.29. The lowest BCUT2D eigenvalue weighted by Gasteiger charge is -2.24. The van der Waals surface area contributed by atoms with E-state index in [1.54, 1.807) is 12.1 Å². The second-order valence-corrected chi connectivity index (χ2v) is 5.09. The van der Waals surface area contributed by atoms with Crippen LogP contribution in [0.2, 0.25) is 5.02 Å². The first-order chi connectivity index (χ1) is 8.11. The van der Waals surface area contributed by atoms with Crippen molar-refractivity contribution in [3.05, 3.63) is 34.6 Å². The number of benzene rings is 1. The lowest BCUT2D eigenvalue weighted by atomic mass is 10.1. The van der Waals surface area contributed by atoms with E-state index in [2.05, 4.69) is 11.8 Å². The molecule has 2 nitrogen and oxygen atoms in total. The molecule has 17 heavy (non-hydrogen) atoms. The van der Waals surface area contributed by atoms with Gasteiger partial charge in [0.05, 0.1) is 5.02 Å². The predicted octanol–water partition coefficient (Wildman–Crippen LogP) is 2.85. The van der Waals surface area contributed by atoms with Gasteiger partial charge in [0, 0.05) is 19.2 Å². The van der Waals surface area contributed by atoms with Gasteiger partial charge in [0.15, 0.2) is 0 Å². The lowest BCUT2D eigenvalue weighted by molar-refractivity contribution is 0.204. The summed E-state index contributed by atoms with van der Waals surface area (Å²) in [4.78, 5) is 2.30. The van der Waals surface area contributed by atoms with Crippen LogP contribution in [0.1, 0.15) is 24.9 Å². The van der Waals surface area contributed by atoms with Crippen LogP contribution in [-0.2, 0) is 0 Å². The molecule has 1 aromatic carbocycles. The van der Waals surface area contributed by atoms with Crippen molar-refractivity contribution in [3.8, 4) is 0 Å². The fraction of sp³-hybridized carbons (Fsp3) is 0.538. The van der Waals surface area contributed by atoms with Crippen LogP contribution in [0.4, 0.5) is 4.39 Å². The van der Waals surface area contributed by atoms with Crippen LogP contribution >= 0.6 is 11.6 Å². The topological polar surface area (TPSA) is 23.5 Å². The Morgan fingerprint density at radius 3 is 2.94 bits per heavy atom. The van der Waals surface area contributed by atoms with Crippen LogP contribution in [0.15, 0.2) is 18.2 Å². The SMILES string of the molecule is CC(c1ccc(F)c(Cl)c1)N1CCC(CO)C1. The van der Waals surface area contributed by atoms with Crippen molar-refractivity contribution in [1.29, 1.82) is 0 Å². The van der Waals surface area contributed by atoms with E-state index < -0.39 is 0 Å². The summed E-state index contributed by atoms with van der Waals surface area (Å²) in [5.41, 5.74) is 1.02. The molecule has 4 heteroatoms. The van der Waals surface area contributed by atoms with Gasteiger partial charge in [-0.2, -0.15) is 0 Å². The fourth-order valence-electron chi connectivity index (χ4n) is 2.35. The molecular formula is C13H17ClFNO. The third-order valence-electron chi connectivity index (χ3n) is 3.55. The normalized spacial score (nSPS) is 22.9. The average Bonchev–Trinajstić information content (AvgIpc) is 2.80. The smallest absolute Gasteiger partial charge is 0.141 e. The summed E-state index contributed by atoms with van der Waals surface area (Å²) < 4.78 is 13.1. The molecule has 2 rings (SSSR count). The third kappa shape index (κ3) is 2.79. The molecule has 1 heterocycles. The number of halogens is 2. The van der Waals surface area contributed by atoms with E-state index in [4.69, 9.17) is 16.7 Å². The molecule has 0 aliphatic carbocycles. The molecule has 2 atom stereocenters. The van der Waals surface area contributed by atoms with Crippen LogP contribution in [0.3, 0.4) is 0 Å². The maximum absolute atomic E-state index is 13.1. The van der Waals surface area contributed by atoms with Crippen LogP contribution in [0.25, 0.3) is 0 Å². The van der Waals surface area contributed by atoms with Gasteiger partial charge in [-0.1, -0.05) is 17.7 Å². The van der Waals surface area contributed by atoms with Crippen LogP contribution in [0, 0.1) is 11.7 Å². The van der Waals surface area contributed by atoms with Crippen LogP contribution < -0.4 is 0 Å². The zero-order valence-electron chi connectivity index (χ0n) is 9.87. The Bertz CT molecular complexity index is 399. The van der Waals surface area contributed by atoms with Crippen molar-refractivity contribution in [2.75, 3.05) is 19.7 Å². The van der Waals surface area contributed by atoms with Crippen LogP contribution in [-0.4, -0.2) is 29.7 Å². The zero-order valence-corrected chi connectivity index (χ0v) is 10.6. The van der Waals surface area contributed by atoms with Gasteiger partial charge in [0.1, 0.15) is 5.82 Å². The molecule has 1 fully saturated rings. The molecule has 0 spiro atoms. The van der Waals surface area contributed by atoms with E-state index >= 15 is 0 Å². The van der Waals surface area contributed by atoms with Crippen molar-refractivity contribution in [2.24, 2.45) is 5.92 Å². The number of rotatable bonds is 3. The summed E-state index contributed by atoms with van der Waals surface area (Å²) in [5, 5.41) is 9.29. The largest absolute Gasteiger partial charge is 0.396 e. The molecule has 0 aromatic heterocycles. The van der Waals surface area contributed by atoms with Crippen molar-refractivity contribution in [3.63, 3.8) is 0 Å². The quantitative estimate of drug-likeness (QED) is 0.900. The summed E-state index contributed by atoms with van der Waals surface area (Å²) in [6.45, 7) is 4.20. The monoisotopic (exact) mass is 257 g/mol. The summed E-state index contributed by atoms with van der Waals surface area (Å²) in [5.74, 6) is -0.00866. The second-order valence-electron chi connectivity index (χ2n) is 4.68. The molecule has 94 valence electrons. The molecule has 2 unspecified atom stereocenters. The number of hydrogen-bond acceptors (Lipinski definition) is 2. The van der Waals surface area contributed by atoms with Gasteiger partial charge in [0.2, 0.25) is 0 Å². The minimum Gasteiger partial charge on any atom is -0.396 e. The minimum atomic E-state index is -0.378. The molecule has 1 saturated heterocycles. The van der Waals surface area contributed by atoms with Gasteiger partial charge in [-0.05, 0) is 43.5 Å². The number of hydrogen-bond donors (Lipinski definition) is 1. The molecule has 1 aliphatic rings. The van der Waals surface area contributed by atoms with E-state index in [0.717, 1.165) is 25.1 Å². The summed E-state index contributed by atoms with van der Waals surface area (Å²) in [6, 6.07) is 5.09. The molecule has 0 saturated carbocycles. The summed E-state index contributed by atoms with van der Waals surface area (Å²) >= 11 is 5.79. The highest BCUT2D eigenvalue weighted by Crippen LogP contribution is 2.29. The molecule has 1 aromatic rings. The van der Waals surface area contributed by atoms with Gasteiger partial charge < -0.3 is 5.11 Å². The second kappa shape index (κ2) is 5.34. The summed E-state index contributed by atoms with van der Waals surface area (Å²) in [6.07, 6.45) is 1.02. The Morgan fingerprint density at radius 2 is 2.35 bits per heavy atom. The van der Waals surface area contributed by atoms with E-state index in [9.17, 15) is 4.39 Å². The van der Waals surface area contributed by atoms with Crippen molar-refractivity contribution < 1.29 is 9.50 Å². The van der Waals surface area contributed by atoms with Gasteiger partial charge in [-0.3, -0.25) is 4.90 Å². The van der Waals surface area contributed by atoms with E-state index in [1.165, 1.54) is 6.07 Å². The Morgan fingerprint density at radius 1 is 1.59 bits per heavy atom. The number of likely N-dealkylation sites (tertiary alicyclic amines) is 1. The molecule has 1 aliphatic heterocycles. The number of aliphatic hydroxyl groups excluding tert-OH is 1. The highest BCUT2D eigenvalue weighted by molar-refractivity contribution is 6.30. The van der Waals surface area contributed by atoms with Gasteiger partial charge in [-0.15, -0.1) is 0 Å². The van der Waals surface area contributed by atoms with E-state index in [1.807, 2.05) is 0 Å². The average molecular weight is 258 g/mol. The van der Waals surface area contributed by atoms with Gasteiger partial charge >= 0.3 is 0 Å². The Labute approximate surface area is 106 Å². The third-order valence-corrected chi connectivity index (χ3v) is 3.84. The van der Waals surface area contributed by atoms with E-state index in [-0.39, 0.29) is 23.5 Å². The van der Waals surface area contributed by atoms with Crippen molar-refractivity contribution >= 4 is 11.6 Å².